The van der Waals surface area contributed by atoms with Gasteiger partial charge in [0.1, 0.15) is 0 Å². The summed E-state index contributed by atoms with van der Waals surface area (Å²) in [6.07, 6.45) is 0.581. The maximum Gasteiger partial charge on any atom is 0.308 e. The van der Waals surface area contributed by atoms with Crippen LogP contribution in [0.4, 0.5) is 0 Å². The Morgan fingerprint density at radius 3 is 2.74 bits per heavy atom. The van der Waals surface area contributed by atoms with Gasteiger partial charge in [0.2, 0.25) is 5.91 Å². The normalized spacial score (nSPS) is 19.6. The van der Waals surface area contributed by atoms with Gasteiger partial charge in [0.15, 0.2) is 0 Å². The molecule has 1 heterocycles. The molecule has 8 heteroatoms. The molecule has 1 saturated heterocycles. The fourth-order valence-corrected chi connectivity index (χ4v) is 4.00. The molecule has 0 spiro atoms. The van der Waals surface area contributed by atoms with Crippen LogP contribution in [0, 0.1) is 11.8 Å². The number of thioether (sulfide) groups is 1. The molecule has 1 aromatic rings. The Balaban J connectivity index is 2.04. The summed E-state index contributed by atoms with van der Waals surface area (Å²) in [5, 5.41) is 12.1. The number of hydrogen-bond donors (Lipinski definition) is 2. The molecule has 2 unspecified atom stereocenters. The number of carbonyl (C=O) groups is 3. The minimum absolute atomic E-state index is 0.128. The maximum absolute atomic E-state index is 13.0. The number of likely N-dealkylation sites (tertiary alicyclic amines) is 1. The van der Waals surface area contributed by atoms with Crippen molar-refractivity contribution in [2.45, 2.75) is 18.2 Å². The van der Waals surface area contributed by atoms with Gasteiger partial charge in [0.25, 0.3) is 5.91 Å². The third kappa shape index (κ3) is 6.25. The minimum Gasteiger partial charge on any atom is -0.481 e. The highest BCUT2D eigenvalue weighted by atomic mass is 32.2. The molecule has 1 aliphatic rings. The number of aliphatic carboxylic acids is 1. The molecule has 148 valence electrons. The summed E-state index contributed by atoms with van der Waals surface area (Å²) in [6.45, 7) is 3.61. The number of nitrogens with zero attached hydrogens (tertiary/aromatic N) is 1. The number of nitrogens with one attached hydrogen (secondary N) is 1. The summed E-state index contributed by atoms with van der Waals surface area (Å²) < 4.78 is 4.89. The Morgan fingerprint density at radius 2 is 2.04 bits per heavy atom. The topological polar surface area (TPSA) is 95.9 Å². The van der Waals surface area contributed by atoms with E-state index in [9.17, 15) is 19.5 Å². The van der Waals surface area contributed by atoms with Gasteiger partial charge in [-0.05, 0) is 24.5 Å². The second-order valence-corrected chi connectivity index (χ2v) is 7.73. The molecule has 0 aliphatic carbocycles. The van der Waals surface area contributed by atoms with Crippen LogP contribution in [0.2, 0.25) is 0 Å². The van der Waals surface area contributed by atoms with Gasteiger partial charge in [-0.2, -0.15) is 0 Å². The molecule has 0 aromatic heterocycles. The van der Waals surface area contributed by atoms with Crippen LogP contribution in [0.25, 0.3) is 0 Å². The van der Waals surface area contributed by atoms with Gasteiger partial charge in [0, 0.05) is 31.6 Å². The third-order valence-corrected chi connectivity index (χ3v) is 5.47. The lowest BCUT2D eigenvalue weighted by molar-refractivity contribution is -0.143. The largest absolute Gasteiger partial charge is 0.481 e. The van der Waals surface area contributed by atoms with E-state index in [2.05, 4.69) is 5.32 Å². The molecule has 7 nitrogen and oxygen atoms in total. The highest BCUT2D eigenvalue weighted by Gasteiger charge is 2.32. The molecule has 0 radical (unpaired) electrons. The first kappa shape index (κ1) is 21.2. The van der Waals surface area contributed by atoms with Crippen molar-refractivity contribution in [3.63, 3.8) is 0 Å². The number of piperidine rings is 1. The quantitative estimate of drug-likeness (QED) is 0.515. The number of carboxylic acid groups (broad SMARTS) is 1. The lowest BCUT2D eigenvalue weighted by atomic mass is 9.90. The van der Waals surface area contributed by atoms with Gasteiger partial charge in [-0.25, -0.2) is 0 Å². The number of carboxylic acids is 1. The molecule has 0 bridgehead atoms. The predicted molar refractivity (Wildman–Crippen MR) is 103 cm³/mol. The molecule has 1 aromatic carbocycles. The Hall–Kier alpha value is -2.06. The zero-order chi connectivity index (χ0) is 19.8. The van der Waals surface area contributed by atoms with Crippen LogP contribution < -0.4 is 5.32 Å². The van der Waals surface area contributed by atoms with E-state index in [-0.39, 0.29) is 30.0 Å². The molecule has 2 rings (SSSR count). The molecule has 0 saturated carbocycles. The summed E-state index contributed by atoms with van der Waals surface area (Å²) in [5.41, 5.74) is 0.505. The van der Waals surface area contributed by atoms with Crippen molar-refractivity contribution in [1.82, 2.24) is 10.2 Å². The molecule has 2 atom stereocenters. The summed E-state index contributed by atoms with van der Waals surface area (Å²) in [7, 11) is 1.57. The smallest absolute Gasteiger partial charge is 0.308 e. The summed E-state index contributed by atoms with van der Waals surface area (Å²) in [5.74, 6) is -1.39. The number of benzene rings is 1. The Labute approximate surface area is 163 Å². The number of rotatable bonds is 8. The van der Waals surface area contributed by atoms with E-state index in [0.29, 0.717) is 31.7 Å². The van der Waals surface area contributed by atoms with E-state index in [1.54, 1.807) is 24.1 Å². The van der Waals surface area contributed by atoms with Gasteiger partial charge >= 0.3 is 5.97 Å². The lowest BCUT2D eigenvalue weighted by Gasteiger charge is -2.35. The highest BCUT2D eigenvalue weighted by Crippen LogP contribution is 2.27. The standard InChI is InChI=1S/C19H26N2O5S/c1-13-9-14(19(24)25)11-21(10-13)18(23)15-5-3-4-6-16(15)27-12-17(22)20-7-8-26-2/h3-6,13-14H,7-12H2,1-2H3,(H,20,22)(H,24,25). The van der Waals surface area contributed by atoms with Gasteiger partial charge in [-0.1, -0.05) is 19.1 Å². The van der Waals surface area contributed by atoms with Crippen LogP contribution in [0.3, 0.4) is 0 Å². The van der Waals surface area contributed by atoms with Gasteiger partial charge < -0.3 is 20.1 Å². The number of ether oxygens (including phenoxy) is 1. The summed E-state index contributed by atoms with van der Waals surface area (Å²) >= 11 is 1.30. The van der Waals surface area contributed by atoms with E-state index >= 15 is 0 Å². The van der Waals surface area contributed by atoms with Crippen LogP contribution in [-0.4, -0.2) is 66.9 Å². The first-order valence-corrected chi connectivity index (χ1v) is 9.90. The van der Waals surface area contributed by atoms with Crippen LogP contribution in [0.1, 0.15) is 23.7 Å². The molecule has 2 N–H and O–H groups in total. The predicted octanol–water partition coefficient (Wildman–Crippen LogP) is 1.72. The van der Waals surface area contributed by atoms with Crippen molar-refractivity contribution in [2.75, 3.05) is 39.1 Å². The van der Waals surface area contributed by atoms with E-state index in [1.165, 1.54) is 11.8 Å². The molecular formula is C19H26N2O5S. The summed E-state index contributed by atoms with van der Waals surface area (Å²) in [6, 6.07) is 7.13. The lowest BCUT2D eigenvalue weighted by Crippen LogP contribution is -2.45. The average Bonchev–Trinajstić information content (AvgIpc) is 2.65. The Bertz CT molecular complexity index is 682. The van der Waals surface area contributed by atoms with Gasteiger partial charge in [-0.15, -0.1) is 11.8 Å². The second kappa shape index (κ2) is 10.3. The van der Waals surface area contributed by atoms with E-state index < -0.39 is 11.9 Å². The zero-order valence-electron chi connectivity index (χ0n) is 15.6. The van der Waals surface area contributed by atoms with Crippen molar-refractivity contribution < 1.29 is 24.2 Å². The Kier molecular flexibility index (Phi) is 8.12. The van der Waals surface area contributed by atoms with Crippen molar-refractivity contribution in [1.29, 1.82) is 0 Å². The summed E-state index contributed by atoms with van der Waals surface area (Å²) in [4.78, 5) is 38.6. The maximum atomic E-state index is 13.0. The van der Waals surface area contributed by atoms with Crippen molar-refractivity contribution >= 4 is 29.5 Å². The van der Waals surface area contributed by atoms with Crippen LogP contribution in [-0.2, 0) is 14.3 Å². The number of hydrogen-bond acceptors (Lipinski definition) is 5. The first-order chi connectivity index (χ1) is 12.9. The average molecular weight is 394 g/mol. The molecule has 1 fully saturated rings. The van der Waals surface area contributed by atoms with E-state index in [1.807, 2.05) is 19.1 Å². The molecule has 27 heavy (non-hydrogen) atoms. The van der Waals surface area contributed by atoms with Crippen LogP contribution in [0.15, 0.2) is 29.2 Å². The van der Waals surface area contributed by atoms with Gasteiger partial charge in [0.05, 0.1) is 23.8 Å². The van der Waals surface area contributed by atoms with Gasteiger partial charge in [-0.3, -0.25) is 14.4 Å². The molecular weight excluding hydrogens is 368 g/mol. The monoisotopic (exact) mass is 394 g/mol. The van der Waals surface area contributed by atoms with Crippen LogP contribution >= 0.6 is 11.8 Å². The number of amides is 2. The fourth-order valence-electron chi connectivity index (χ4n) is 3.12. The molecule has 1 aliphatic heterocycles. The fraction of sp³-hybridized carbons (Fsp3) is 0.526. The third-order valence-electron chi connectivity index (χ3n) is 4.40. The van der Waals surface area contributed by atoms with Crippen LogP contribution in [0.5, 0.6) is 0 Å². The van der Waals surface area contributed by atoms with Crippen molar-refractivity contribution in [3.05, 3.63) is 29.8 Å². The second-order valence-electron chi connectivity index (χ2n) is 6.71. The number of carbonyl (C=O) groups excluding carboxylic acids is 2. The number of methoxy groups -OCH3 is 1. The van der Waals surface area contributed by atoms with E-state index in [4.69, 9.17) is 4.74 Å². The Morgan fingerprint density at radius 1 is 1.30 bits per heavy atom. The SMILES string of the molecule is COCCNC(=O)CSc1ccccc1C(=O)N1CC(C)CC(C(=O)O)C1. The van der Waals surface area contributed by atoms with Crippen molar-refractivity contribution in [3.8, 4) is 0 Å². The zero-order valence-corrected chi connectivity index (χ0v) is 16.5. The van der Waals surface area contributed by atoms with E-state index in [0.717, 1.165) is 4.90 Å². The van der Waals surface area contributed by atoms with Crippen molar-refractivity contribution in [2.24, 2.45) is 11.8 Å². The molecule has 2 amide bonds. The first-order valence-electron chi connectivity index (χ1n) is 8.92. The highest BCUT2D eigenvalue weighted by molar-refractivity contribution is 8.00. The minimum atomic E-state index is -0.866.